The van der Waals surface area contributed by atoms with E-state index in [4.69, 9.17) is 4.98 Å². The molecule has 0 bridgehead atoms. The zero-order chi connectivity index (χ0) is 22.2. The van der Waals surface area contributed by atoms with Crippen LogP contribution in [-0.2, 0) is 20.0 Å². The molecule has 32 heavy (non-hydrogen) atoms. The molecule has 1 fully saturated rings. The summed E-state index contributed by atoms with van der Waals surface area (Å²) >= 11 is 0. The number of hydrogen-bond donors (Lipinski definition) is 2. The number of hydrogen-bond acceptors (Lipinski definition) is 4. The van der Waals surface area contributed by atoms with E-state index in [9.17, 15) is 0 Å². The summed E-state index contributed by atoms with van der Waals surface area (Å²) in [5.41, 5.74) is 10.8. The highest BCUT2D eigenvalue weighted by molar-refractivity contribution is 5.93. The van der Waals surface area contributed by atoms with Crippen molar-refractivity contribution in [2.24, 2.45) is 13.0 Å². The lowest BCUT2D eigenvalue weighted by molar-refractivity contribution is 0.837. The minimum Gasteiger partial charge on any atom is -0.379 e. The second-order valence-corrected chi connectivity index (χ2v) is 9.22. The van der Waals surface area contributed by atoms with Gasteiger partial charge in [0.05, 0.1) is 16.7 Å². The summed E-state index contributed by atoms with van der Waals surface area (Å²) in [6, 6.07) is 13.0. The number of benzene rings is 2. The van der Waals surface area contributed by atoms with Crippen molar-refractivity contribution in [1.29, 1.82) is 0 Å². The lowest BCUT2D eigenvalue weighted by Gasteiger charge is -2.14. The monoisotopic (exact) mass is 425 g/mol. The molecule has 164 valence electrons. The van der Waals surface area contributed by atoms with E-state index in [0.29, 0.717) is 0 Å². The van der Waals surface area contributed by atoms with Crippen LogP contribution in [0.3, 0.4) is 0 Å². The normalized spacial score (nSPS) is 13.5. The Balaban J connectivity index is 1.55. The summed E-state index contributed by atoms with van der Waals surface area (Å²) in [7, 11) is 2.11. The predicted molar refractivity (Wildman–Crippen MR) is 133 cm³/mol. The average molecular weight is 426 g/mol. The van der Waals surface area contributed by atoms with Crippen molar-refractivity contribution < 1.29 is 0 Å². The predicted octanol–water partition coefficient (Wildman–Crippen LogP) is 6.20. The molecule has 1 aliphatic rings. The van der Waals surface area contributed by atoms with Gasteiger partial charge in [0.1, 0.15) is 0 Å². The Labute approximate surface area is 189 Å². The van der Waals surface area contributed by atoms with Gasteiger partial charge in [-0.15, -0.1) is 0 Å². The van der Waals surface area contributed by atoms with E-state index in [1.165, 1.54) is 40.7 Å². The van der Waals surface area contributed by atoms with Gasteiger partial charge in [0.2, 0.25) is 5.95 Å². The molecule has 5 nitrogen and oxygen atoms in total. The van der Waals surface area contributed by atoms with E-state index in [1.807, 2.05) is 24.5 Å². The zero-order valence-corrected chi connectivity index (χ0v) is 19.4. The molecule has 0 spiro atoms. The maximum absolute atomic E-state index is 5.11. The quantitative estimate of drug-likeness (QED) is 0.370. The molecule has 0 radical (unpaired) electrons. The van der Waals surface area contributed by atoms with E-state index >= 15 is 0 Å². The number of rotatable bonds is 7. The standard InChI is InChI=1S/C27H31N5/c1-17-13-18(2)24(19(3)14-17)30-27-31-25-22(15-20-5-6-20)7-8-23(26(25)32(27)4)29-16-21-9-11-28-12-10-21/h7-14,20,29H,5-6,15-16H2,1-4H3,(H,30,31). The van der Waals surface area contributed by atoms with E-state index in [1.54, 1.807) is 0 Å². The molecule has 4 aromatic rings. The molecular weight excluding hydrogens is 394 g/mol. The van der Waals surface area contributed by atoms with Gasteiger partial charge in [-0.2, -0.15) is 0 Å². The first kappa shape index (κ1) is 20.6. The maximum Gasteiger partial charge on any atom is 0.208 e. The molecule has 1 aliphatic carbocycles. The van der Waals surface area contributed by atoms with Crippen molar-refractivity contribution in [3.63, 3.8) is 0 Å². The summed E-state index contributed by atoms with van der Waals surface area (Å²) in [4.78, 5) is 9.23. The molecule has 2 N–H and O–H groups in total. The van der Waals surface area contributed by atoms with Gasteiger partial charge in [-0.25, -0.2) is 4.98 Å². The summed E-state index contributed by atoms with van der Waals surface area (Å²) in [6.07, 6.45) is 7.46. The van der Waals surface area contributed by atoms with Crippen LogP contribution in [0, 0.1) is 26.7 Å². The average Bonchev–Trinajstić information content (AvgIpc) is 3.53. The SMILES string of the molecule is Cc1cc(C)c(Nc2nc3c(CC4CC4)ccc(NCc4ccncc4)c3n2C)c(C)c1. The van der Waals surface area contributed by atoms with Gasteiger partial charge in [0, 0.05) is 31.7 Å². The highest BCUT2D eigenvalue weighted by Crippen LogP contribution is 2.37. The largest absolute Gasteiger partial charge is 0.379 e. The molecular formula is C27H31N5. The Bertz CT molecular complexity index is 1250. The summed E-state index contributed by atoms with van der Waals surface area (Å²) in [5, 5.41) is 7.27. The second-order valence-electron chi connectivity index (χ2n) is 9.22. The number of pyridine rings is 1. The number of anilines is 3. The smallest absolute Gasteiger partial charge is 0.208 e. The molecule has 1 saturated carbocycles. The van der Waals surface area contributed by atoms with Gasteiger partial charge < -0.3 is 15.2 Å². The summed E-state index contributed by atoms with van der Waals surface area (Å²) in [5.74, 6) is 1.69. The van der Waals surface area contributed by atoms with E-state index in [0.717, 1.165) is 47.2 Å². The summed E-state index contributed by atoms with van der Waals surface area (Å²) in [6.45, 7) is 7.21. The number of imidazole rings is 1. The maximum atomic E-state index is 5.11. The Hall–Kier alpha value is -3.34. The van der Waals surface area contributed by atoms with E-state index < -0.39 is 0 Å². The van der Waals surface area contributed by atoms with Gasteiger partial charge in [-0.3, -0.25) is 4.98 Å². The van der Waals surface area contributed by atoms with Gasteiger partial charge in [-0.05, 0) is 86.4 Å². The number of nitrogens with one attached hydrogen (secondary N) is 2. The Morgan fingerprint density at radius 1 is 1.00 bits per heavy atom. The molecule has 0 saturated heterocycles. The van der Waals surface area contributed by atoms with Crippen molar-refractivity contribution in [1.82, 2.24) is 14.5 Å². The highest BCUT2D eigenvalue weighted by Gasteiger charge is 2.24. The Morgan fingerprint density at radius 2 is 1.72 bits per heavy atom. The van der Waals surface area contributed by atoms with Crippen LogP contribution >= 0.6 is 0 Å². The van der Waals surface area contributed by atoms with Crippen LogP contribution in [0.2, 0.25) is 0 Å². The lowest BCUT2D eigenvalue weighted by Crippen LogP contribution is -2.05. The fourth-order valence-corrected chi connectivity index (χ4v) is 4.61. The molecule has 5 heteroatoms. The van der Waals surface area contributed by atoms with Gasteiger partial charge in [-0.1, -0.05) is 23.8 Å². The van der Waals surface area contributed by atoms with Crippen molar-refractivity contribution in [3.05, 3.63) is 76.6 Å². The van der Waals surface area contributed by atoms with Crippen molar-refractivity contribution >= 4 is 28.4 Å². The highest BCUT2D eigenvalue weighted by atomic mass is 15.2. The molecule has 0 aliphatic heterocycles. The summed E-state index contributed by atoms with van der Waals surface area (Å²) < 4.78 is 2.19. The molecule has 2 aromatic heterocycles. The molecule has 2 aromatic carbocycles. The number of aromatic nitrogens is 3. The van der Waals surface area contributed by atoms with Crippen molar-refractivity contribution in [2.75, 3.05) is 10.6 Å². The van der Waals surface area contributed by atoms with Crippen LogP contribution in [-0.4, -0.2) is 14.5 Å². The fraction of sp³-hybridized carbons (Fsp3) is 0.333. The van der Waals surface area contributed by atoms with Crippen LogP contribution < -0.4 is 10.6 Å². The number of fused-ring (bicyclic) bond motifs is 1. The topological polar surface area (TPSA) is 54.8 Å². The first-order valence-corrected chi connectivity index (χ1v) is 11.5. The molecule has 2 heterocycles. The van der Waals surface area contributed by atoms with Crippen LogP contribution in [0.15, 0.2) is 48.8 Å². The van der Waals surface area contributed by atoms with Crippen LogP contribution in [0.5, 0.6) is 0 Å². The third-order valence-electron chi connectivity index (χ3n) is 6.46. The van der Waals surface area contributed by atoms with Crippen LogP contribution in [0.1, 0.15) is 40.7 Å². The van der Waals surface area contributed by atoms with Gasteiger partial charge in [0.15, 0.2) is 0 Å². The van der Waals surface area contributed by atoms with Gasteiger partial charge in [0.25, 0.3) is 0 Å². The first-order chi connectivity index (χ1) is 15.5. The number of nitrogens with zero attached hydrogens (tertiary/aromatic N) is 3. The van der Waals surface area contributed by atoms with Gasteiger partial charge >= 0.3 is 0 Å². The Kier molecular flexibility index (Phi) is 5.33. The first-order valence-electron chi connectivity index (χ1n) is 11.5. The van der Waals surface area contributed by atoms with Crippen LogP contribution in [0.4, 0.5) is 17.3 Å². The minimum absolute atomic E-state index is 0.754. The third-order valence-corrected chi connectivity index (χ3v) is 6.46. The van der Waals surface area contributed by atoms with Crippen molar-refractivity contribution in [3.8, 4) is 0 Å². The molecule has 5 rings (SSSR count). The second kappa shape index (κ2) is 8.30. The molecule has 0 unspecified atom stereocenters. The third kappa shape index (κ3) is 4.07. The minimum atomic E-state index is 0.754. The van der Waals surface area contributed by atoms with Crippen molar-refractivity contribution in [2.45, 2.75) is 46.6 Å². The Morgan fingerprint density at radius 3 is 2.41 bits per heavy atom. The zero-order valence-electron chi connectivity index (χ0n) is 19.4. The fourth-order valence-electron chi connectivity index (χ4n) is 4.61. The lowest BCUT2D eigenvalue weighted by atomic mass is 10.1. The molecule has 0 amide bonds. The van der Waals surface area contributed by atoms with E-state index in [-0.39, 0.29) is 0 Å². The van der Waals surface area contributed by atoms with E-state index in [2.05, 4.69) is 72.3 Å². The molecule has 0 atom stereocenters. The van der Waals surface area contributed by atoms with Crippen LogP contribution in [0.25, 0.3) is 11.0 Å². The number of aryl methyl sites for hydroxylation is 4.